The van der Waals surface area contributed by atoms with Gasteiger partial charge in [-0.15, -0.1) is 10.2 Å². The van der Waals surface area contributed by atoms with Crippen LogP contribution in [0.1, 0.15) is 31.7 Å². The van der Waals surface area contributed by atoms with Gasteiger partial charge in [-0.05, 0) is 25.8 Å². The summed E-state index contributed by atoms with van der Waals surface area (Å²) >= 11 is 0. The van der Waals surface area contributed by atoms with Crippen molar-refractivity contribution in [3.8, 4) is 11.4 Å². The summed E-state index contributed by atoms with van der Waals surface area (Å²) in [4.78, 5) is 0. The SMILES string of the molecule is CCCn1c(-c2cc(C)nnc2CC)nnc1S(=O)(=O)Cl. The quantitative estimate of drug-likeness (QED) is 0.779. The third kappa shape index (κ3) is 3.21. The summed E-state index contributed by atoms with van der Waals surface area (Å²) < 4.78 is 24.7. The van der Waals surface area contributed by atoms with E-state index < -0.39 is 9.05 Å². The van der Waals surface area contributed by atoms with Crippen LogP contribution in [0.4, 0.5) is 0 Å². The minimum atomic E-state index is -3.95. The monoisotopic (exact) mass is 329 g/mol. The smallest absolute Gasteiger partial charge is 0.296 e. The fourth-order valence-electron chi connectivity index (χ4n) is 2.06. The van der Waals surface area contributed by atoms with Crippen LogP contribution in [0, 0.1) is 6.92 Å². The van der Waals surface area contributed by atoms with Crippen molar-refractivity contribution in [1.29, 1.82) is 0 Å². The van der Waals surface area contributed by atoms with Crippen LogP contribution in [0.25, 0.3) is 11.4 Å². The molecule has 21 heavy (non-hydrogen) atoms. The van der Waals surface area contributed by atoms with Gasteiger partial charge in [0.15, 0.2) is 5.82 Å². The van der Waals surface area contributed by atoms with Gasteiger partial charge in [-0.25, -0.2) is 8.42 Å². The molecule has 0 saturated heterocycles. The lowest BCUT2D eigenvalue weighted by Gasteiger charge is -2.10. The highest BCUT2D eigenvalue weighted by molar-refractivity contribution is 8.13. The molecule has 0 atom stereocenters. The minimum absolute atomic E-state index is 0.238. The normalized spacial score (nSPS) is 11.8. The molecule has 0 aliphatic rings. The molecule has 0 N–H and O–H groups in total. The Labute approximate surface area is 127 Å². The van der Waals surface area contributed by atoms with Crippen molar-refractivity contribution in [3.63, 3.8) is 0 Å². The zero-order chi connectivity index (χ0) is 15.6. The molecule has 7 nitrogen and oxygen atoms in total. The third-order valence-corrected chi connectivity index (χ3v) is 4.10. The van der Waals surface area contributed by atoms with Gasteiger partial charge in [0.2, 0.25) is 0 Å². The highest BCUT2D eigenvalue weighted by atomic mass is 35.7. The van der Waals surface area contributed by atoms with Crippen LogP contribution in [0.15, 0.2) is 11.2 Å². The molecule has 0 aromatic carbocycles. The van der Waals surface area contributed by atoms with Crippen LogP contribution in [0.3, 0.4) is 0 Å². The lowest BCUT2D eigenvalue weighted by atomic mass is 10.1. The van der Waals surface area contributed by atoms with Gasteiger partial charge in [0.05, 0.1) is 11.4 Å². The maximum absolute atomic E-state index is 11.6. The fraction of sp³-hybridized carbons (Fsp3) is 0.500. The Morgan fingerprint density at radius 2 is 1.90 bits per heavy atom. The van der Waals surface area contributed by atoms with Crippen LogP contribution < -0.4 is 0 Å². The summed E-state index contributed by atoms with van der Waals surface area (Å²) in [5, 5.41) is 15.6. The summed E-state index contributed by atoms with van der Waals surface area (Å²) in [6.07, 6.45) is 1.38. The second-order valence-corrected chi connectivity index (χ2v) is 7.05. The maximum Gasteiger partial charge on any atom is 0.296 e. The molecule has 0 amide bonds. The molecular formula is C12H16ClN5O2S. The molecule has 0 fully saturated rings. The summed E-state index contributed by atoms with van der Waals surface area (Å²) in [5.41, 5.74) is 2.20. The van der Waals surface area contributed by atoms with Crippen molar-refractivity contribution in [2.75, 3.05) is 0 Å². The Balaban J connectivity index is 2.70. The topological polar surface area (TPSA) is 90.6 Å². The molecule has 2 rings (SSSR count). The highest BCUT2D eigenvalue weighted by Gasteiger charge is 2.24. The highest BCUT2D eigenvalue weighted by Crippen LogP contribution is 2.25. The first-order valence-electron chi connectivity index (χ1n) is 6.59. The first-order chi connectivity index (χ1) is 9.88. The fourth-order valence-corrected chi connectivity index (χ4v) is 2.98. The molecule has 9 heteroatoms. The van der Waals surface area contributed by atoms with E-state index in [-0.39, 0.29) is 5.16 Å². The van der Waals surface area contributed by atoms with Crippen LogP contribution >= 0.6 is 10.7 Å². The van der Waals surface area contributed by atoms with Crippen molar-refractivity contribution in [3.05, 3.63) is 17.5 Å². The van der Waals surface area contributed by atoms with Crippen molar-refractivity contribution < 1.29 is 8.42 Å². The van der Waals surface area contributed by atoms with Crippen LogP contribution in [-0.2, 0) is 22.0 Å². The molecule has 0 aliphatic heterocycles. The summed E-state index contributed by atoms with van der Waals surface area (Å²) in [6, 6.07) is 1.83. The van der Waals surface area contributed by atoms with E-state index in [0.29, 0.717) is 18.8 Å². The van der Waals surface area contributed by atoms with Gasteiger partial charge in [-0.1, -0.05) is 13.8 Å². The van der Waals surface area contributed by atoms with Gasteiger partial charge in [0, 0.05) is 22.8 Å². The van der Waals surface area contributed by atoms with Gasteiger partial charge < -0.3 is 0 Å². The van der Waals surface area contributed by atoms with Crippen LogP contribution in [-0.4, -0.2) is 33.4 Å². The maximum atomic E-state index is 11.6. The Hall–Kier alpha value is -1.54. The van der Waals surface area contributed by atoms with Crippen LogP contribution in [0.2, 0.25) is 0 Å². The molecular weight excluding hydrogens is 314 g/mol. The molecule has 0 spiro atoms. The number of hydrogen-bond donors (Lipinski definition) is 0. The molecule has 0 unspecified atom stereocenters. The van der Waals surface area contributed by atoms with Gasteiger partial charge in [0.1, 0.15) is 0 Å². The lowest BCUT2D eigenvalue weighted by Crippen LogP contribution is -2.09. The Bertz CT molecular complexity index is 757. The van der Waals surface area contributed by atoms with Crippen molar-refractivity contribution in [1.82, 2.24) is 25.0 Å². The Kier molecular flexibility index (Phi) is 4.58. The van der Waals surface area contributed by atoms with E-state index in [1.54, 1.807) is 0 Å². The predicted molar refractivity (Wildman–Crippen MR) is 78.5 cm³/mol. The van der Waals surface area contributed by atoms with Gasteiger partial charge in [-0.3, -0.25) is 4.57 Å². The second-order valence-electron chi connectivity index (χ2n) is 4.60. The molecule has 0 bridgehead atoms. The Morgan fingerprint density at radius 1 is 1.19 bits per heavy atom. The van der Waals surface area contributed by atoms with E-state index in [1.165, 1.54) is 4.57 Å². The molecule has 114 valence electrons. The zero-order valence-electron chi connectivity index (χ0n) is 12.0. The predicted octanol–water partition coefficient (Wildman–Crippen LogP) is 1.94. The van der Waals surface area contributed by atoms with E-state index in [2.05, 4.69) is 20.4 Å². The number of rotatable bonds is 5. The molecule has 0 aliphatic carbocycles. The van der Waals surface area contributed by atoms with E-state index in [9.17, 15) is 8.42 Å². The number of aryl methyl sites for hydroxylation is 2. The number of nitrogens with zero attached hydrogens (tertiary/aromatic N) is 5. The number of hydrogen-bond acceptors (Lipinski definition) is 6. The van der Waals surface area contributed by atoms with Gasteiger partial charge >= 0.3 is 0 Å². The van der Waals surface area contributed by atoms with Crippen molar-refractivity contribution >= 4 is 19.7 Å². The van der Waals surface area contributed by atoms with Gasteiger partial charge in [0.25, 0.3) is 14.2 Å². The molecule has 2 aromatic heterocycles. The first kappa shape index (κ1) is 15.8. The summed E-state index contributed by atoms with van der Waals surface area (Å²) in [6.45, 7) is 6.15. The average Bonchev–Trinajstić information content (AvgIpc) is 2.82. The van der Waals surface area contributed by atoms with Gasteiger partial charge in [-0.2, -0.15) is 10.2 Å². The summed E-state index contributed by atoms with van der Waals surface area (Å²) in [5.74, 6) is 0.450. The molecule has 2 heterocycles. The molecule has 2 aromatic rings. The van der Waals surface area contributed by atoms with Crippen molar-refractivity contribution in [2.24, 2.45) is 0 Å². The second kappa shape index (κ2) is 6.07. The van der Waals surface area contributed by atoms with E-state index in [4.69, 9.17) is 10.7 Å². The van der Waals surface area contributed by atoms with E-state index in [0.717, 1.165) is 23.4 Å². The largest absolute Gasteiger partial charge is 0.297 e. The minimum Gasteiger partial charge on any atom is -0.297 e. The zero-order valence-corrected chi connectivity index (χ0v) is 13.6. The first-order valence-corrected chi connectivity index (χ1v) is 8.90. The van der Waals surface area contributed by atoms with E-state index >= 15 is 0 Å². The molecule has 0 saturated carbocycles. The standard InChI is InChI=1S/C12H16ClN5O2S/c1-4-6-18-11(16-17-12(18)21(13,19)20)9-7-8(3)14-15-10(9)5-2/h7H,4-6H2,1-3H3. The third-order valence-electron chi connectivity index (χ3n) is 2.95. The number of aromatic nitrogens is 5. The average molecular weight is 330 g/mol. The van der Waals surface area contributed by atoms with E-state index in [1.807, 2.05) is 26.8 Å². The molecule has 0 radical (unpaired) electrons. The Morgan fingerprint density at radius 3 is 2.48 bits per heavy atom. The summed E-state index contributed by atoms with van der Waals surface area (Å²) in [7, 11) is 1.48. The number of halogens is 1. The van der Waals surface area contributed by atoms with Crippen LogP contribution in [0.5, 0.6) is 0 Å². The van der Waals surface area contributed by atoms with Crippen molar-refractivity contribution in [2.45, 2.75) is 45.3 Å². The lowest BCUT2D eigenvalue weighted by molar-refractivity contribution is 0.569.